The second kappa shape index (κ2) is 8.48. The van der Waals surface area contributed by atoms with Crippen molar-refractivity contribution in [2.75, 3.05) is 12.9 Å². The first-order valence-corrected chi connectivity index (χ1v) is 9.85. The standard InChI is InChI=1S/C18H20N2O5S/c1-13-5-3-4-6-16(13)25-11-17(21)19-20-18(22)15-9-7-14(8-10-15)12-26(2,23)24/h3-10H,11-12H2,1-2H3,(H,19,21)(H,20,22). The van der Waals surface area contributed by atoms with E-state index in [1.165, 1.54) is 12.1 Å². The fraction of sp³-hybridized carbons (Fsp3) is 0.222. The molecule has 0 atom stereocenters. The number of para-hydroxylation sites is 1. The maximum atomic E-state index is 12.0. The predicted molar refractivity (Wildman–Crippen MR) is 97.3 cm³/mol. The fourth-order valence-corrected chi connectivity index (χ4v) is 2.95. The summed E-state index contributed by atoms with van der Waals surface area (Å²) in [7, 11) is -3.14. The van der Waals surface area contributed by atoms with Gasteiger partial charge in [-0.15, -0.1) is 0 Å². The van der Waals surface area contributed by atoms with Crippen LogP contribution >= 0.6 is 0 Å². The Morgan fingerprint density at radius 3 is 2.27 bits per heavy atom. The van der Waals surface area contributed by atoms with Gasteiger partial charge < -0.3 is 4.74 Å². The van der Waals surface area contributed by atoms with Crippen LogP contribution in [0, 0.1) is 6.92 Å². The number of benzene rings is 2. The smallest absolute Gasteiger partial charge is 0.276 e. The summed E-state index contributed by atoms with van der Waals surface area (Å²) in [5, 5.41) is 0. The number of carbonyl (C=O) groups excluding carboxylic acids is 2. The van der Waals surface area contributed by atoms with Gasteiger partial charge in [0.1, 0.15) is 5.75 Å². The molecule has 0 fully saturated rings. The van der Waals surface area contributed by atoms with Crippen molar-refractivity contribution in [2.24, 2.45) is 0 Å². The maximum absolute atomic E-state index is 12.0. The van der Waals surface area contributed by atoms with E-state index in [1.807, 2.05) is 19.1 Å². The number of amides is 2. The first-order chi connectivity index (χ1) is 12.2. The van der Waals surface area contributed by atoms with Gasteiger partial charge in [-0.25, -0.2) is 8.42 Å². The Morgan fingerprint density at radius 1 is 1.00 bits per heavy atom. The minimum absolute atomic E-state index is 0.0954. The van der Waals surface area contributed by atoms with Crippen molar-refractivity contribution in [3.8, 4) is 5.75 Å². The average Bonchev–Trinajstić information content (AvgIpc) is 2.58. The van der Waals surface area contributed by atoms with Crippen LogP contribution in [0.15, 0.2) is 48.5 Å². The molecule has 0 radical (unpaired) electrons. The third kappa shape index (κ3) is 6.21. The number of hydrogen-bond acceptors (Lipinski definition) is 5. The molecular weight excluding hydrogens is 356 g/mol. The first-order valence-electron chi connectivity index (χ1n) is 7.79. The fourth-order valence-electron chi connectivity index (χ4n) is 2.15. The van der Waals surface area contributed by atoms with Crippen molar-refractivity contribution < 1.29 is 22.7 Å². The van der Waals surface area contributed by atoms with Crippen LogP contribution in [0.2, 0.25) is 0 Å². The van der Waals surface area contributed by atoms with Gasteiger partial charge >= 0.3 is 0 Å². The van der Waals surface area contributed by atoms with Crippen LogP contribution < -0.4 is 15.6 Å². The molecule has 0 aliphatic heterocycles. The molecule has 2 aromatic rings. The summed E-state index contributed by atoms with van der Waals surface area (Å²) in [6, 6.07) is 13.4. The van der Waals surface area contributed by atoms with Crippen LogP contribution in [0.25, 0.3) is 0 Å². The molecule has 0 spiro atoms. The molecule has 26 heavy (non-hydrogen) atoms. The van der Waals surface area contributed by atoms with Crippen molar-refractivity contribution in [1.29, 1.82) is 0 Å². The lowest BCUT2D eigenvalue weighted by molar-refractivity contribution is -0.123. The van der Waals surface area contributed by atoms with Crippen LogP contribution in [-0.2, 0) is 20.4 Å². The van der Waals surface area contributed by atoms with Gasteiger partial charge in [-0.3, -0.25) is 20.4 Å². The van der Waals surface area contributed by atoms with Gasteiger partial charge in [-0.1, -0.05) is 30.3 Å². The zero-order valence-corrected chi connectivity index (χ0v) is 15.3. The van der Waals surface area contributed by atoms with Gasteiger partial charge in [-0.2, -0.15) is 0 Å². The first kappa shape index (κ1) is 19.5. The number of ether oxygens (including phenoxy) is 1. The number of hydrazine groups is 1. The Balaban J connectivity index is 1.82. The van der Waals surface area contributed by atoms with Crippen molar-refractivity contribution in [3.05, 3.63) is 65.2 Å². The molecule has 0 aliphatic rings. The molecule has 0 bridgehead atoms. The zero-order valence-electron chi connectivity index (χ0n) is 14.5. The van der Waals surface area contributed by atoms with E-state index in [9.17, 15) is 18.0 Å². The molecule has 2 rings (SSSR count). The second-order valence-corrected chi connectivity index (χ2v) is 7.96. The van der Waals surface area contributed by atoms with Gasteiger partial charge in [-0.05, 0) is 36.2 Å². The molecule has 2 aromatic carbocycles. The number of rotatable bonds is 6. The molecule has 7 nitrogen and oxygen atoms in total. The normalized spacial score (nSPS) is 10.8. The predicted octanol–water partition coefficient (Wildman–Crippen LogP) is 1.38. The molecular formula is C18H20N2O5S. The Bertz CT molecular complexity index is 892. The average molecular weight is 376 g/mol. The molecule has 0 unspecified atom stereocenters. The van der Waals surface area contributed by atoms with E-state index in [1.54, 1.807) is 24.3 Å². The summed E-state index contributed by atoms with van der Waals surface area (Å²) in [6.45, 7) is 1.63. The number of sulfone groups is 1. The summed E-state index contributed by atoms with van der Waals surface area (Å²) in [5.41, 5.74) is 6.32. The Labute approximate surface area is 152 Å². The van der Waals surface area contributed by atoms with E-state index < -0.39 is 21.7 Å². The highest BCUT2D eigenvalue weighted by Crippen LogP contribution is 2.15. The highest BCUT2D eigenvalue weighted by molar-refractivity contribution is 7.89. The van der Waals surface area contributed by atoms with Crippen molar-refractivity contribution >= 4 is 21.7 Å². The molecule has 138 valence electrons. The number of hydrogen-bond donors (Lipinski definition) is 2. The van der Waals surface area contributed by atoms with Crippen molar-refractivity contribution in [3.63, 3.8) is 0 Å². The molecule has 0 saturated carbocycles. The molecule has 0 saturated heterocycles. The quantitative estimate of drug-likeness (QED) is 0.742. The molecule has 0 aliphatic carbocycles. The van der Waals surface area contributed by atoms with Crippen LogP contribution in [0.3, 0.4) is 0 Å². The highest BCUT2D eigenvalue weighted by Gasteiger charge is 2.10. The lowest BCUT2D eigenvalue weighted by Gasteiger charge is -2.10. The Morgan fingerprint density at radius 2 is 1.65 bits per heavy atom. The van der Waals surface area contributed by atoms with E-state index in [-0.39, 0.29) is 12.4 Å². The molecule has 8 heteroatoms. The minimum Gasteiger partial charge on any atom is -0.483 e. The van der Waals surface area contributed by atoms with Gasteiger partial charge in [0.15, 0.2) is 16.4 Å². The SMILES string of the molecule is Cc1ccccc1OCC(=O)NNC(=O)c1ccc(CS(C)(=O)=O)cc1. The van der Waals surface area contributed by atoms with Gasteiger partial charge in [0.05, 0.1) is 5.75 Å². The van der Waals surface area contributed by atoms with Crippen LogP contribution in [-0.4, -0.2) is 33.1 Å². The van der Waals surface area contributed by atoms with E-state index in [4.69, 9.17) is 4.74 Å². The van der Waals surface area contributed by atoms with Gasteiger partial charge in [0.25, 0.3) is 11.8 Å². The summed E-state index contributed by atoms with van der Waals surface area (Å²) in [5.74, 6) is -0.520. The monoisotopic (exact) mass is 376 g/mol. The summed E-state index contributed by atoms with van der Waals surface area (Å²) in [4.78, 5) is 23.7. The van der Waals surface area contributed by atoms with E-state index in [0.29, 0.717) is 16.9 Å². The van der Waals surface area contributed by atoms with E-state index in [0.717, 1.165) is 11.8 Å². The summed E-state index contributed by atoms with van der Waals surface area (Å²) in [6.07, 6.45) is 1.14. The zero-order chi connectivity index (χ0) is 19.2. The van der Waals surface area contributed by atoms with Crippen LogP contribution in [0.5, 0.6) is 5.75 Å². The maximum Gasteiger partial charge on any atom is 0.276 e. The molecule has 0 aromatic heterocycles. The molecule has 2 amide bonds. The summed E-state index contributed by atoms with van der Waals surface area (Å²) < 4.78 is 27.9. The Hall–Kier alpha value is -2.87. The minimum atomic E-state index is -3.14. The number of aryl methyl sites for hydroxylation is 1. The third-order valence-corrected chi connectivity index (χ3v) is 4.27. The van der Waals surface area contributed by atoms with E-state index in [2.05, 4.69) is 10.9 Å². The van der Waals surface area contributed by atoms with Crippen LogP contribution in [0.4, 0.5) is 0 Å². The van der Waals surface area contributed by atoms with Gasteiger partial charge in [0.2, 0.25) is 0 Å². The van der Waals surface area contributed by atoms with E-state index >= 15 is 0 Å². The van der Waals surface area contributed by atoms with Gasteiger partial charge in [0, 0.05) is 11.8 Å². The highest BCUT2D eigenvalue weighted by atomic mass is 32.2. The number of carbonyl (C=O) groups is 2. The van der Waals surface area contributed by atoms with Crippen LogP contribution in [0.1, 0.15) is 21.5 Å². The topological polar surface area (TPSA) is 102 Å². The lowest BCUT2D eigenvalue weighted by Crippen LogP contribution is -2.43. The molecule has 0 heterocycles. The number of nitrogens with one attached hydrogen (secondary N) is 2. The molecule has 2 N–H and O–H groups in total. The lowest BCUT2D eigenvalue weighted by atomic mass is 10.1. The Kier molecular flexibility index (Phi) is 6.35. The van der Waals surface area contributed by atoms with Crippen molar-refractivity contribution in [1.82, 2.24) is 10.9 Å². The third-order valence-electron chi connectivity index (χ3n) is 3.41. The van der Waals surface area contributed by atoms with Crippen molar-refractivity contribution in [2.45, 2.75) is 12.7 Å². The summed E-state index contributed by atoms with van der Waals surface area (Å²) >= 11 is 0. The second-order valence-electron chi connectivity index (χ2n) is 5.82. The largest absolute Gasteiger partial charge is 0.483 e.